The van der Waals surface area contributed by atoms with Crippen LogP contribution in [0, 0.1) is 6.90 Å². The standard InChI is InChI=1S/C6H8N2O4/c1-2-3(4(7)6(10)11)5(9)8-12-2/h4H,7H2,1H3,(H,8,9)(H,10,11)/i1T. The first kappa shape index (κ1) is 7.11. The van der Waals surface area contributed by atoms with E-state index in [4.69, 9.17) is 12.2 Å². The predicted octanol–water partition coefficient (Wildman–Crippen LogP) is -0.639. The van der Waals surface area contributed by atoms with E-state index in [0.717, 1.165) is 0 Å². The molecule has 0 spiro atoms. The molecule has 0 aliphatic heterocycles. The molecule has 0 bridgehead atoms. The first-order valence-corrected chi connectivity index (χ1v) is 3.05. The second-order valence-corrected chi connectivity index (χ2v) is 2.19. The smallest absolute Gasteiger partial charge is 0.325 e. The minimum Gasteiger partial charge on any atom is -0.480 e. The zero-order valence-electron chi connectivity index (χ0n) is 7.03. The molecule has 0 saturated heterocycles. The Morgan fingerprint density at radius 2 is 2.58 bits per heavy atom. The van der Waals surface area contributed by atoms with Crippen molar-refractivity contribution in [3.05, 3.63) is 21.7 Å². The first-order chi connectivity index (χ1) is 6.07. The summed E-state index contributed by atoms with van der Waals surface area (Å²) in [6, 6.07) is -1.44. The second-order valence-electron chi connectivity index (χ2n) is 2.19. The highest BCUT2D eigenvalue weighted by Crippen LogP contribution is 2.09. The summed E-state index contributed by atoms with van der Waals surface area (Å²) in [7, 11) is 0. The third-order valence-electron chi connectivity index (χ3n) is 1.39. The maximum Gasteiger partial charge on any atom is 0.325 e. The molecule has 1 aromatic rings. The average molecular weight is 174 g/mol. The fraction of sp³-hybridized carbons (Fsp3) is 0.333. The molecule has 0 aliphatic rings. The molecule has 6 nitrogen and oxygen atoms in total. The summed E-state index contributed by atoms with van der Waals surface area (Å²) in [5.74, 6) is -1.37. The highest BCUT2D eigenvalue weighted by atomic mass is 16.5. The quantitative estimate of drug-likeness (QED) is 0.552. The maximum atomic E-state index is 11.0. The zero-order chi connectivity index (χ0) is 10.0. The van der Waals surface area contributed by atoms with Gasteiger partial charge in [-0.25, -0.2) is 0 Å². The summed E-state index contributed by atoms with van der Waals surface area (Å²) in [5.41, 5.74) is 4.31. The topological polar surface area (TPSA) is 109 Å². The molecule has 4 N–H and O–H groups in total. The lowest BCUT2D eigenvalue weighted by molar-refractivity contribution is -0.138. The average Bonchev–Trinajstić information content (AvgIpc) is 2.45. The molecule has 12 heavy (non-hydrogen) atoms. The highest BCUT2D eigenvalue weighted by Gasteiger charge is 2.22. The lowest BCUT2D eigenvalue weighted by atomic mass is 10.1. The number of nitrogens with one attached hydrogen (secondary N) is 1. The molecule has 0 radical (unpaired) electrons. The van der Waals surface area contributed by atoms with Crippen molar-refractivity contribution in [3.63, 3.8) is 0 Å². The van der Waals surface area contributed by atoms with Gasteiger partial charge in [0.1, 0.15) is 11.8 Å². The third-order valence-corrected chi connectivity index (χ3v) is 1.39. The van der Waals surface area contributed by atoms with Crippen molar-refractivity contribution in [1.82, 2.24) is 5.16 Å². The van der Waals surface area contributed by atoms with Gasteiger partial charge in [0.25, 0.3) is 5.56 Å². The van der Waals surface area contributed by atoms with Gasteiger partial charge in [0.15, 0.2) is 0 Å². The lowest BCUT2D eigenvalue weighted by Gasteiger charge is -2.00. The summed E-state index contributed by atoms with van der Waals surface area (Å²) in [5, 5.41) is 10.4. The van der Waals surface area contributed by atoms with Crippen LogP contribution in [-0.2, 0) is 4.79 Å². The van der Waals surface area contributed by atoms with Crippen LogP contribution in [0.1, 0.15) is 18.7 Å². The van der Waals surface area contributed by atoms with Gasteiger partial charge in [0, 0.05) is 1.37 Å². The summed E-state index contributed by atoms with van der Waals surface area (Å²) in [6.45, 7) is -0.324. The number of rotatable bonds is 2. The summed E-state index contributed by atoms with van der Waals surface area (Å²) in [6.07, 6.45) is 0. The van der Waals surface area contributed by atoms with Crippen molar-refractivity contribution in [2.24, 2.45) is 5.73 Å². The number of carboxylic acids is 1. The van der Waals surface area contributed by atoms with Crippen molar-refractivity contribution in [2.75, 3.05) is 0 Å². The van der Waals surface area contributed by atoms with E-state index in [-0.39, 0.29) is 18.2 Å². The van der Waals surface area contributed by atoms with E-state index in [1.807, 2.05) is 5.16 Å². The van der Waals surface area contributed by atoms with Crippen molar-refractivity contribution >= 4 is 5.97 Å². The SMILES string of the molecule is [3H]Cc1o[nH]c(=O)c1C(N)C(=O)O. The highest BCUT2D eigenvalue weighted by molar-refractivity contribution is 5.75. The molecule has 1 atom stereocenters. The minimum absolute atomic E-state index is 0.0418. The summed E-state index contributed by atoms with van der Waals surface area (Å²) >= 11 is 0. The van der Waals surface area contributed by atoms with Crippen molar-refractivity contribution in [2.45, 2.75) is 12.9 Å². The van der Waals surface area contributed by atoms with Crippen molar-refractivity contribution in [3.8, 4) is 0 Å². The number of carbonyl (C=O) groups is 1. The third kappa shape index (κ3) is 1.24. The molecule has 1 rings (SSSR count). The molecule has 1 unspecified atom stereocenters. The van der Waals surface area contributed by atoms with E-state index < -0.39 is 17.6 Å². The van der Waals surface area contributed by atoms with Crippen LogP contribution < -0.4 is 11.3 Å². The Hall–Kier alpha value is -1.56. The number of aromatic amines is 1. The number of aliphatic carboxylic acids is 1. The lowest BCUT2D eigenvalue weighted by Crippen LogP contribution is -2.26. The molecule has 1 aromatic heterocycles. The summed E-state index contributed by atoms with van der Waals surface area (Å²) < 4.78 is 11.5. The number of carboxylic acid groups (broad SMARTS) is 1. The van der Waals surface area contributed by atoms with Crippen LogP contribution in [-0.4, -0.2) is 16.2 Å². The number of hydrogen-bond acceptors (Lipinski definition) is 4. The molecule has 0 fully saturated rings. The van der Waals surface area contributed by atoms with Gasteiger partial charge < -0.3 is 15.4 Å². The van der Waals surface area contributed by atoms with Gasteiger partial charge in [-0.05, 0) is 6.90 Å². The second kappa shape index (κ2) is 2.82. The molecule has 1 heterocycles. The molecule has 0 amide bonds. The molecule has 0 aliphatic carbocycles. The van der Waals surface area contributed by atoms with E-state index in [2.05, 4.69) is 4.52 Å². The van der Waals surface area contributed by atoms with Crippen LogP contribution in [0.25, 0.3) is 0 Å². The van der Waals surface area contributed by atoms with E-state index in [1.165, 1.54) is 0 Å². The molecule has 0 aromatic carbocycles. The number of nitrogens with two attached hydrogens (primary N) is 1. The summed E-state index contributed by atoms with van der Waals surface area (Å²) in [4.78, 5) is 21.4. The number of aryl methyl sites for hydroxylation is 1. The molecular weight excluding hydrogens is 164 g/mol. The maximum absolute atomic E-state index is 11.0. The molecule has 6 heteroatoms. The number of H-pyrrole nitrogens is 1. The van der Waals surface area contributed by atoms with Gasteiger partial charge in [-0.15, -0.1) is 0 Å². The first-order valence-electron chi connectivity index (χ1n) is 3.76. The van der Waals surface area contributed by atoms with Gasteiger partial charge >= 0.3 is 5.97 Å². The fourth-order valence-corrected chi connectivity index (χ4v) is 0.783. The van der Waals surface area contributed by atoms with Crippen LogP contribution >= 0.6 is 0 Å². The Morgan fingerprint density at radius 1 is 1.92 bits per heavy atom. The number of hydrogen-bond donors (Lipinski definition) is 3. The van der Waals surface area contributed by atoms with E-state index in [0.29, 0.717) is 0 Å². The molecule has 66 valence electrons. The van der Waals surface area contributed by atoms with Crippen LogP contribution in [0.3, 0.4) is 0 Å². The molecular formula is C6H8N2O4. The minimum atomic E-state index is -1.44. The van der Waals surface area contributed by atoms with Gasteiger partial charge in [0.05, 0.1) is 5.56 Å². The Kier molecular flexibility index (Phi) is 1.67. The van der Waals surface area contributed by atoms with Crippen molar-refractivity contribution < 1.29 is 15.8 Å². The van der Waals surface area contributed by atoms with Crippen LogP contribution in [0.4, 0.5) is 0 Å². The van der Waals surface area contributed by atoms with Crippen molar-refractivity contribution in [1.29, 1.82) is 0 Å². The van der Waals surface area contributed by atoms with Gasteiger partial charge in [-0.1, -0.05) is 0 Å². The molecule has 0 saturated carbocycles. The normalized spacial score (nSPS) is 13.9. The van der Waals surface area contributed by atoms with Crippen LogP contribution in [0.5, 0.6) is 0 Å². The van der Waals surface area contributed by atoms with E-state index >= 15 is 0 Å². The van der Waals surface area contributed by atoms with Gasteiger partial charge in [0.2, 0.25) is 0 Å². The predicted molar refractivity (Wildman–Crippen MR) is 38.6 cm³/mol. The van der Waals surface area contributed by atoms with E-state index in [1.54, 1.807) is 0 Å². The van der Waals surface area contributed by atoms with Crippen LogP contribution in [0.15, 0.2) is 9.32 Å². The Balaban J connectivity index is 3.18. The number of aromatic nitrogens is 1. The largest absolute Gasteiger partial charge is 0.480 e. The van der Waals surface area contributed by atoms with Crippen LogP contribution in [0.2, 0.25) is 0 Å². The monoisotopic (exact) mass is 174 g/mol. The van der Waals surface area contributed by atoms with E-state index in [9.17, 15) is 9.59 Å². The fourth-order valence-electron chi connectivity index (χ4n) is 0.783. The van der Waals surface area contributed by atoms with Gasteiger partial charge in [-0.2, -0.15) is 5.16 Å². The van der Waals surface area contributed by atoms with Gasteiger partial charge in [-0.3, -0.25) is 9.59 Å². The zero-order valence-corrected chi connectivity index (χ0v) is 6.03. The Morgan fingerprint density at radius 3 is 3.08 bits per heavy atom. The Bertz CT molecular complexity index is 369. The Labute approximate surface area is 68.4 Å².